The molecular formula is C17H20N4O. The zero-order valence-corrected chi connectivity index (χ0v) is 12.8. The molecule has 1 saturated carbocycles. The molecule has 1 aliphatic carbocycles. The zero-order valence-electron chi connectivity index (χ0n) is 12.8. The molecule has 1 aromatic carbocycles. The Balaban J connectivity index is 1.85. The molecule has 0 unspecified atom stereocenters. The Hall–Kier alpha value is -2.26. The molecule has 0 radical (unpaired) electrons. The quantitative estimate of drug-likeness (QED) is 0.424. The van der Waals surface area contributed by atoms with Gasteiger partial charge in [-0.05, 0) is 36.8 Å². The maximum absolute atomic E-state index is 8.51. The Morgan fingerprint density at radius 3 is 2.64 bits per heavy atom. The van der Waals surface area contributed by atoms with Crippen molar-refractivity contribution < 1.29 is 4.52 Å². The molecule has 0 atom stereocenters. The van der Waals surface area contributed by atoms with Gasteiger partial charge in [-0.25, -0.2) is 0 Å². The SMILES string of the molecule is Cc1onc(-c2ccc(C3CCCCC3)cc2)c1CN=[N+]=[N-]. The lowest BCUT2D eigenvalue weighted by molar-refractivity contribution is 0.398. The van der Waals surface area contributed by atoms with Crippen molar-refractivity contribution in [3.63, 3.8) is 0 Å². The van der Waals surface area contributed by atoms with E-state index in [2.05, 4.69) is 39.4 Å². The Labute approximate surface area is 130 Å². The number of benzene rings is 1. The van der Waals surface area contributed by atoms with E-state index in [1.165, 1.54) is 37.7 Å². The summed E-state index contributed by atoms with van der Waals surface area (Å²) < 4.78 is 5.26. The Bertz CT molecular complexity index is 677. The molecule has 0 amide bonds. The van der Waals surface area contributed by atoms with Gasteiger partial charge in [0, 0.05) is 16.0 Å². The molecule has 5 heteroatoms. The van der Waals surface area contributed by atoms with Gasteiger partial charge in [0.05, 0.1) is 6.54 Å². The minimum Gasteiger partial charge on any atom is -0.361 e. The molecule has 3 rings (SSSR count). The van der Waals surface area contributed by atoms with Crippen LogP contribution in [0.3, 0.4) is 0 Å². The Morgan fingerprint density at radius 1 is 1.23 bits per heavy atom. The molecule has 0 saturated heterocycles. The lowest BCUT2D eigenvalue weighted by atomic mass is 9.84. The summed E-state index contributed by atoms with van der Waals surface area (Å²) in [5.41, 5.74) is 12.6. The molecule has 22 heavy (non-hydrogen) atoms. The topological polar surface area (TPSA) is 74.8 Å². The maximum atomic E-state index is 8.51. The predicted octanol–water partition coefficient (Wildman–Crippen LogP) is 5.51. The van der Waals surface area contributed by atoms with Crippen LogP contribution in [0.4, 0.5) is 0 Å². The standard InChI is InChI=1S/C17H20N4O/c1-12-16(11-19-21-18)17(20-22-12)15-9-7-14(8-10-15)13-5-3-2-4-6-13/h7-10,13H,2-6,11H2,1H3. The number of aryl methyl sites for hydroxylation is 1. The second kappa shape index (κ2) is 6.67. The van der Waals surface area contributed by atoms with E-state index in [1.807, 2.05) is 6.92 Å². The first-order valence-electron chi connectivity index (χ1n) is 7.86. The maximum Gasteiger partial charge on any atom is 0.137 e. The van der Waals surface area contributed by atoms with E-state index in [0.29, 0.717) is 11.7 Å². The van der Waals surface area contributed by atoms with E-state index in [4.69, 9.17) is 10.1 Å². The number of hydrogen-bond donors (Lipinski definition) is 0. The summed E-state index contributed by atoms with van der Waals surface area (Å²) in [6, 6.07) is 8.60. The largest absolute Gasteiger partial charge is 0.361 e. The third-order valence-corrected chi connectivity index (χ3v) is 4.54. The highest BCUT2D eigenvalue weighted by atomic mass is 16.5. The van der Waals surface area contributed by atoms with Crippen LogP contribution in [0.25, 0.3) is 21.7 Å². The molecule has 1 aromatic heterocycles. The van der Waals surface area contributed by atoms with Crippen molar-refractivity contribution in [1.82, 2.24) is 5.16 Å². The van der Waals surface area contributed by atoms with Crippen LogP contribution in [-0.2, 0) is 6.54 Å². The van der Waals surface area contributed by atoms with Crippen LogP contribution in [-0.4, -0.2) is 5.16 Å². The van der Waals surface area contributed by atoms with E-state index < -0.39 is 0 Å². The molecule has 1 heterocycles. The van der Waals surface area contributed by atoms with Gasteiger partial charge < -0.3 is 4.52 Å². The number of rotatable bonds is 4. The van der Waals surface area contributed by atoms with Crippen LogP contribution in [0.5, 0.6) is 0 Å². The van der Waals surface area contributed by atoms with Crippen LogP contribution in [0, 0.1) is 6.92 Å². The molecule has 1 fully saturated rings. The second-order valence-corrected chi connectivity index (χ2v) is 5.91. The summed E-state index contributed by atoms with van der Waals surface area (Å²) in [4.78, 5) is 2.82. The zero-order chi connectivity index (χ0) is 15.4. The van der Waals surface area contributed by atoms with Gasteiger partial charge in [0.25, 0.3) is 0 Å². The van der Waals surface area contributed by atoms with Crippen molar-refractivity contribution in [2.75, 3.05) is 0 Å². The first-order chi connectivity index (χ1) is 10.8. The van der Waals surface area contributed by atoms with Crippen molar-refractivity contribution >= 4 is 0 Å². The molecule has 5 nitrogen and oxygen atoms in total. The van der Waals surface area contributed by atoms with E-state index in [0.717, 1.165) is 16.8 Å². The van der Waals surface area contributed by atoms with Gasteiger partial charge in [0.2, 0.25) is 0 Å². The summed E-state index contributed by atoms with van der Waals surface area (Å²) in [7, 11) is 0. The Morgan fingerprint density at radius 2 is 1.95 bits per heavy atom. The molecule has 1 aliphatic rings. The third kappa shape index (κ3) is 3.00. The van der Waals surface area contributed by atoms with Crippen LogP contribution in [0.15, 0.2) is 33.9 Å². The normalized spacial score (nSPS) is 15.5. The average molecular weight is 296 g/mol. The van der Waals surface area contributed by atoms with Crippen LogP contribution in [0.1, 0.15) is 54.9 Å². The molecule has 0 spiro atoms. The van der Waals surface area contributed by atoms with E-state index in [1.54, 1.807) is 0 Å². The van der Waals surface area contributed by atoms with Crippen molar-refractivity contribution in [1.29, 1.82) is 0 Å². The Kier molecular flexibility index (Phi) is 4.45. The first-order valence-corrected chi connectivity index (χ1v) is 7.86. The van der Waals surface area contributed by atoms with Gasteiger partial charge in [-0.2, -0.15) is 0 Å². The molecular weight excluding hydrogens is 276 g/mol. The minimum atomic E-state index is 0.269. The van der Waals surface area contributed by atoms with Gasteiger partial charge in [-0.3, -0.25) is 0 Å². The monoisotopic (exact) mass is 296 g/mol. The van der Waals surface area contributed by atoms with E-state index >= 15 is 0 Å². The van der Waals surface area contributed by atoms with Gasteiger partial charge in [-0.1, -0.05) is 53.8 Å². The minimum absolute atomic E-state index is 0.269. The summed E-state index contributed by atoms with van der Waals surface area (Å²) in [6.45, 7) is 2.11. The highest BCUT2D eigenvalue weighted by Gasteiger charge is 2.17. The van der Waals surface area contributed by atoms with Crippen molar-refractivity contribution in [2.45, 2.75) is 51.5 Å². The van der Waals surface area contributed by atoms with Gasteiger partial charge in [0.15, 0.2) is 0 Å². The summed E-state index contributed by atoms with van der Waals surface area (Å²) >= 11 is 0. The molecule has 0 bridgehead atoms. The number of nitrogens with zero attached hydrogens (tertiary/aromatic N) is 4. The number of hydrogen-bond acceptors (Lipinski definition) is 3. The van der Waals surface area contributed by atoms with Crippen LogP contribution >= 0.6 is 0 Å². The molecule has 114 valence electrons. The summed E-state index contributed by atoms with van der Waals surface area (Å²) in [5.74, 6) is 1.41. The lowest BCUT2D eigenvalue weighted by Gasteiger charge is -2.22. The summed E-state index contributed by atoms with van der Waals surface area (Å²) in [5, 5.41) is 7.76. The van der Waals surface area contributed by atoms with Crippen LogP contribution in [0.2, 0.25) is 0 Å². The van der Waals surface area contributed by atoms with Crippen LogP contribution < -0.4 is 0 Å². The van der Waals surface area contributed by atoms with Crippen molar-refractivity contribution in [2.24, 2.45) is 5.11 Å². The lowest BCUT2D eigenvalue weighted by Crippen LogP contribution is -2.04. The van der Waals surface area contributed by atoms with Crippen molar-refractivity contribution in [3.8, 4) is 11.3 Å². The van der Waals surface area contributed by atoms with Gasteiger partial charge in [-0.15, -0.1) is 0 Å². The highest BCUT2D eigenvalue weighted by Crippen LogP contribution is 2.34. The predicted molar refractivity (Wildman–Crippen MR) is 85.4 cm³/mol. The smallest absolute Gasteiger partial charge is 0.137 e. The van der Waals surface area contributed by atoms with Gasteiger partial charge in [0.1, 0.15) is 11.5 Å². The molecule has 0 aliphatic heterocycles. The summed E-state index contributed by atoms with van der Waals surface area (Å²) in [6.07, 6.45) is 6.64. The molecule has 0 N–H and O–H groups in total. The van der Waals surface area contributed by atoms with Gasteiger partial charge >= 0.3 is 0 Å². The van der Waals surface area contributed by atoms with E-state index in [-0.39, 0.29) is 6.54 Å². The number of azide groups is 1. The van der Waals surface area contributed by atoms with E-state index in [9.17, 15) is 0 Å². The highest BCUT2D eigenvalue weighted by molar-refractivity contribution is 5.63. The average Bonchev–Trinajstić information content (AvgIpc) is 2.94. The first kappa shape index (κ1) is 14.7. The number of aromatic nitrogens is 1. The fourth-order valence-electron chi connectivity index (χ4n) is 3.26. The second-order valence-electron chi connectivity index (χ2n) is 5.91. The fraction of sp³-hybridized carbons (Fsp3) is 0.471. The molecule has 2 aromatic rings. The fourth-order valence-corrected chi connectivity index (χ4v) is 3.26. The third-order valence-electron chi connectivity index (χ3n) is 4.54. The van der Waals surface area contributed by atoms with Crippen molar-refractivity contribution in [3.05, 3.63) is 51.6 Å².